The van der Waals surface area contributed by atoms with E-state index in [-0.39, 0.29) is 12.2 Å². The lowest BCUT2D eigenvalue weighted by atomic mass is 9.89. The van der Waals surface area contributed by atoms with Gasteiger partial charge in [0, 0.05) is 17.8 Å². The average Bonchev–Trinajstić information content (AvgIpc) is 3.11. The Bertz CT molecular complexity index is 1010. The standard InChI is InChI=1S/C20H17F4N3O2/c1-19(2,20(22,23)24)15-11-16(27-29-15)26-17(28)10-12-5-7-13(8-6-12)14-4-3-9-25-18(14)21/h3-9,11H,10H2,1-2H3,(H,26,27,28). The molecule has 5 nitrogen and oxygen atoms in total. The van der Waals surface area contributed by atoms with Crippen LogP contribution < -0.4 is 5.32 Å². The van der Waals surface area contributed by atoms with Crippen LogP contribution >= 0.6 is 0 Å². The molecule has 0 aliphatic carbocycles. The van der Waals surface area contributed by atoms with Crippen LogP contribution in [0.4, 0.5) is 23.4 Å². The molecule has 29 heavy (non-hydrogen) atoms. The Balaban J connectivity index is 1.65. The lowest BCUT2D eigenvalue weighted by Crippen LogP contribution is -2.35. The van der Waals surface area contributed by atoms with Crippen LogP contribution in [0, 0.1) is 5.95 Å². The number of pyridine rings is 1. The molecule has 152 valence electrons. The highest BCUT2D eigenvalue weighted by Crippen LogP contribution is 2.41. The average molecular weight is 407 g/mol. The lowest BCUT2D eigenvalue weighted by Gasteiger charge is -2.24. The summed E-state index contributed by atoms with van der Waals surface area (Å²) in [5, 5.41) is 5.89. The Morgan fingerprint density at radius 2 is 1.83 bits per heavy atom. The summed E-state index contributed by atoms with van der Waals surface area (Å²) in [4.78, 5) is 15.8. The number of alkyl halides is 3. The maximum Gasteiger partial charge on any atom is 0.401 e. The first-order valence-corrected chi connectivity index (χ1v) is 8.61. The van der Waals surface area contributed by atoms with Crippen molar-refractivity contribution in [2.24, 2.45) is 0 Å². The molecule has 0 aliphatic rings. The van der Waals surface area contributed by atoms with Crippen LogP contribution in [-0.4, -0.2) is 22.2 Å². The number of carbonyl (C=O) groups excluding carboxylic acids is 1. The number of amides is 1. The molecule has 0 saturated heterocycles. The number of halogens is 4. The van der Waals surface area contributed by atoms with Crippen LogP contribution in [0.5, 0.6) is 0 Å². The van der Waals surface area contributed by atoms with E-state index in [1.807, 2.05) is 0 Å². The molecule has 0 radical (unpaired) electrons. The second-order valence-electron chi connectivity index (χ2n) is 6.96. The van der Waals surface area contributed by atoms with Crippen LogP contribution in [0.25, 0.3) is 11.1 Å². The fourth-order valence-corrected chi connectivity index (χ4v) is 2.54. The third-order valence-electron chi connectivity index (χ3n) is 4.49. The van der Waals surface area contributed by atoms with Crippen LogP contribution in [0.3, 0.4) is 0 Å². The van der Waals surface area contributed by atoms with Crippen LogP contribution in [-0.2, 0) is 16.6 Å². The van der Waals surface area contributed by atoms with Crippen LogP contribution in [0.1, 0.15) is 25.2 Å². The quantitative estimate of drug-likeness (QED) is 0.483. The van der Waals surface area contributed by atoms with E-state index >= 15 is 0 Å². The number of rotatable bonds is 5. The minimum atomic E-state index is -4.52. The van der Waals surface area contributed by atoms with Crippen molar-refractivity contribution in [1.82, 2.24) is 10.1 Å². The van der Waals surface area contributed by atoms with Gasteiger partial charge in [-0.1, -0.05) is 29.4 Å². The molecular formula is C20H17F4N3O2. The van der Waals surface area contributed by atoms with E-state index in [2.05, 4.69) is 15.5 Å². The van der Waals surface area contributed by atoms with Gasteiger partial charge >= 0.3 is 6.18 Å². The summed E-state index contributed by atoms with van der Waals surface area (Å²) >= 11 is 0. The fourth-order valence-electron chi connectivity index (χ4n) is 2.54. The molecule has 3 rings (SSSR count). The summed E-state index contributed by atoms with van der Waals surface area (Å²) < 4.78 is 57.7. The van der Waals surface area contributed by atoms with E-state index in [4.69, 9.17) is 4.52 Å². The number of anilines is 1. The summed E-state index contributed by atoms with van der Waals surface area (Å²) in [6.07, 6.45) is -3.22. The van der Waals surface area contributed by atoms with Gasteiger partial charge in [-0.15, -0.1) is 0 Å². The van der Waals surface area contributed by atoms with Crippen molar-refractivity contribution in [3.05, 3.63) is 65.9 Å². The van der Waals surface area contributed by atoms with Gasteiger partial charge in [-0.05, 0) is 37.1 Å². The summed E-state index contributed by atoms with van der Waals surface area (Å²) in [6, 6.07) is 10.9. The molecule has 1 aromatic carbocycles. The Hall–Kier alpha value is -3.23. The molecule has 9 heteroatoms. The van der Waals surface area contributed by atoms with Crippen molar-refractivity contribution < 1.29 is 26.9 Å². The molecule has 2 heterocycles. The first kappa shape index (κ1) is 20.5. The van der Waals surface area contributed by atoms with Crippen molar-refractivity contribution in [1.29, 1.82) is 0 Å². The van der Waals surface area contributed by atoms with Gasteiger partial charge in [0.2, 0.25) is 11.9 Å². The van der Waals surface area contributed by atoms with Gasteiger partial charge in [0.05, 0.1) is 6.42 Å². The zero-order valence-corrected chi connectivity index (χ0v) is 15.5. The number of aromatic nitrogens is 2. The molecule has 3 aromatic rings. The second-order valence-corrected chi connectivity index (χ2v) is 6.96. The number of nitrogens with one attached hydrogen (secondary N) is 1. The number of nitrogens with zero attached hydrogens (tertiary/aromatic N) is 2. The predicted octanol–water partition coefficient (Wildman–Crippen LogP) is 4.90. The van der Waals surface area contributed by atoms with Crippen molar-refractivity contribution >= 4 is 11.7 Å². The Morgan fingerprint density at radius 1 is 1.14 bits per heavy atom. The Labute approximate surface area is 163 Å². The molecule has 0 fully saturated rings. The molecule has 0 aliphatic heterocycles. The minimum Gasteiger partial charge on any atom is -0.358 e. The zero-order chi connectivity index (χ0) is 21.2. The predicted molar refractivity (Wildman–Crippen MR) is 97.5 cm³/mol. The van der Waals surface area contributed by atoms with Crippen LogP contribution in [0.15, 0.2) is 53.2 Å². The summed E-state index contributed by atoms with van der Waals surface area (Å²) in [5.41, 5.74) is -0.656. The van der Waals surface area contributed by atoms with E-state index in [0.29, 0.717) is 16.7 Å². The third kappa shape index (κ3) is 4.44. The van der Waals surface area contributed by atoms with Gasteiger partial charge in [-0.2, -0.15) is 17.6 Å². The minimum absolute atomic E-state index is 0.0410. The van der Waals surface area contributed by atoms with Gasteiger partial charge in [-0.3, -0.25) is 4.79 Å². The Morgan fingerprint density at radius 3 is 2.45 bits per heavy atom. The molecular weight excluding hydrogens is 390 g/mol. The number of carbonyl (C=O) groups is 1. The highest BCUT2D eigenvalue weighted by molar-refractivity contribution is 5.91. The second kappa shape index (κ2) is 7.65. The summed E-state index contributed by atoms with van der Waals surface area (Å²) in [7, 11) is 0. The largest absolute Gasteiger partial charge is 0.401 e. The Kier molecular flexibility index (Phi) is 5.41. The van der Waals surface area contributed by atoms with Crippen molar-refractivity contribution in [3.63, 3.8) is 0 Å². The molecule has 0 spiro atoms. The highest BCUT2D eigenvalue weighted by atomic mass is 19.4. The smallest absolute Gasteiger partial charge is 0.358 e. The van der Waals surface area contributed by atoms with E-state index in [1.54, 1.807) is 36.4 Å². The fraction of sp³-hybridized carbons (Fsp3) is 0.250. The van der Waals surface area contributed by atoms with E-state index in [1.165, 1.54) is 6.20 Å². The molecule has 2 aromatic heterocycles. The maximum absolute atomic E-state index is 13.7. The van der Waals surface area contributed by atoms with Crippen LogP contribution in [0.2, 0.25) is 0 Å². The molecule has 0 atom stereocenters. The number of benzene rings is 1. The van der Waals surface area contributed by atoms with Gasteiger partial charge in [0.1, 0.15) is 5.41 Å². The lowest BCUT2D eigenvalue weighted by molar-refractivity contribution is -0.185. The highest BCUT2D eigenvalue weighted by Gasteiger charge is 2.51. The summed E-state index contributed by atoms with van der Waals surface area (Å²) in [6.45, 7) is 1.93. The van der Waals surface area contributed by atoms with Crippen molar-refractivity contribution in [3.8, 4) is 11.1 Å². The molecule has 0 saturated carbocycles. The number of hydrogen-bond donors (Lipinski definition) is 1. The molecule has 1 amide bonds. The summed E-state index contributed by atoms with van der Waals surface area (Å²) in [5.74, 6) is -1.57. The van der Waals surface area contributed by atoms with Gasteiger partial charge in [-0.25, -0.2) is 4.98 Å². The SMILES string of the molecule is CC(C)(c1cc(NC(=O)Cc2ccc(-c3cccnc3F)cc2)no1)C(F)(F)F. The third-order valence-corrected chi connectivity index (χ3v) is 4.49. The first-order chi connectivity index (χ1) is 13.6. The first-order valence-electron chi connectivity index (χ1n) is 8.61. The monoisotopic (exact) mass is 407 g/mol. The molecule has 0 unspecified atom stereocenters. The molecule has 0 bridgehead atoms. The van der Waals surface area contributed by atoms with Gasteiger partial charge < -0.3 is 9.84 Å². The molecule has 1 N–H and O–H groups in total. The van der Waals surface area contributed by atoms with Gasteiger partial charge in [0.25, 0.3) is 0 Å². The normalized spacial score (nSPS) is 12.1. The maximum atomic E-state index is 13.7. The van der Waals surface area contributed by atoms with E-state index < -0.39 is 29.2 Å². The van der Waals surface area contributed by atoms with E-state index in [9.17, 15) is 22.4 Å². The van der Waals surface area contributed by atoms with E-state index in [0.717, 1.165) is 19.9 Å². The zero-order valence-electron chi connectivity index (χ0n) is 15.5. The van der Waals surface area contributed by atoms with Crippen molar-refractivity contribution in [2.75, 3.05) is 5.32 Å². The number of hydrogen-bond acceptors (Lipinski definition) is 4. The van der Waals surface area contributed by atoms with Crippen molar-refractivity contribution in [2.45, 2.75) is 31.9 Å². The topological polar surface area (TPSA) is 68.0 Å². The van der Waals surface area contributed by atoms with Gasteiger partial charge in [0.15, 0.2) is 11.6 Å².